The van der Waals surface area contributed by atoms with E-state index >= 15 is 0 Å². The van der Waals surface area contributed by atoms with Crippen LogP contribution in [0.2, 0.25) is 0 Å². The molecule has 0 spiro atoms. The second-order valence-corrected chi connectivity index (χ2v) is 5.78. The van der Waals surface area contributed by atoms with E-state index in [4.69, 9.17) is 0 Å². The van der Waals surface area contributed by atoms with Crippen molar-refractivity contribution in [2.24, 2.45) is 0 Å². The summed E-state index contributed by atoms with van der Waals surface area (Å²) in [7, 11) is 0. The minimum atomic E-state index is 1.16. The maximum atomic E-state index is 3.47. The lowest BCUT2D eigenvalue weighted by Gasteiger charge is -1.98. The molecule has 0 aliphatic heterocycles. The summed E-state index contributed by atoms with van der Waals surface area (Å²) >= 11 is 3.47. The fourth-order valence-electron chi connectivity index (χ4n) is 1.86. The molecule has 0 amide bonds. The van der Waals surface area contributed by atoms with Crippen LogP contribution in [-0.4, -0.2) is 5.33 Å². The summed E-state index contributed by atoms with van der Waals surface area (Å²) in [5.41, 5.74) is 0. The van der Waals surface area contributed by atoms with Gasteiger partial charge in [-0.05, 0) is 25.7 Å². The fraction of sp³-hybridized carbons (Fsp3) is 0.667. The molecular weight excluding hydrogens is 296 g/mol. The summed E-state index contributed by atoms with van der Waals surface area (Å²) in [6.07, 6.45) is 26.4. The summed E-state index contributed by atoms with van der Waals surface area (Å²) < 4.78 is 0. The van der Waals surface area contributed by atoms with Crippen LogP contribution in [0.15, 0.2) is 36.5 Å². The normalized spacial score (nSPS) is 12.3. The molecule has 0 aromatic heterocycles. The standard InChI is InChI=1S/C18H31Br/c1-2-3-4-5-6-7-8-9-10-11-12-13-14-15-16-17-18-19/h5-10H,2-4,11-18H2,1H3. The van der Waals surface area contributed by atoms with Gasteiger partial charge in [0, 0.05) is 5.33 Å². The quantitative estimate of drug-likeness (QED) is 0.195. The second kappa shape index (κ2) is 17.7. The molecular formula is C18H31Br. The molecule has 0 unspecified atom stereocenters. The minimum Gasteiger partial charge on any atom is -0.0928 e. The Bertz CT molecular complexity index is 238. The number of halogens is 1. The molecule has 0 saturated carbocycles. The van der Waals surface area contributed by atoms with Gasteiger partial charge in [-0.1, -0.05) is 97.8 Å². The Morgan fingerprint density at radius 2 is 1.16 bits per heavy atom. The van der Waals surface area contributed by atoms with Gasteiger partial charge in [0.1, 0.15) is 0 Å². The van der Waals surface area contributed by atoms with Crippen molar-refractivity contribution in [2.75, 3.05) is 5.33 Å². The van der Waals surface area contributed by atoms with E-state index in [9.17, 15) is 0 Å². The van der Waals surface area contributed by atoms with Crippen molar-refractivity contribution in [1.82, 2.24) is 0 Å². The summed E-state index contributed by atoms with van der Waals surface area (Å²) in [6, 6.07) is 0. The van der Waals surface area contributed by atoms with Crippen LogP contribution in [0.25, 0.3) is 0 Å². The van der Waals surface area contributed by atoms with Gasteiger partial charge in [-0.25, -0.2) is 0 Å². The van der Waals surface area contributed by atoms with Gasteiger partial charge in [0.25, 0.3) is 0 Å². The first-order valence-electron chi connectivity index (χ1n) is 7.96. The molecule has 1 heteroatoms. The monoisotopic (exact) mass is 326 g/mol. The fourth-order valence-corrected chi connectivity index (χ4v) is 2.26. The van der Waals surface area contributed by atoms with Crippen LogP contribution >= 0.6 is 15.9 Å². The van der Waals surface area contributed by atoms with Crippen LogP contribution in [0, 0.1) is 0 Å². The lowest BCUT2D eigenvalue weighted by Crippen LogP contribution is -1.79. The molecule has 0 bridgehead atoms. The molecule has 0 fully saturated rings. The highest BCUT2D eigenvalue weighted by atomic mass is 79.9. The average Bonchev–Trinajstić information content (AvgIpc) is 2.43. The molecule has 110 valence electrons. The van der Waals surface area contributed by atoms with E-state index in [1.165, 1.54) is 64.2 Å². The van der Waals surface area contributed by atoms with Crippen molar-refractivity contribution in [3.05, 3.63) is 36.5 Å². The van der Waals surface area contributed by atoms with Crippen molar-refractivity contribution in [3.8, 4) is 0 Å². The van der Waals surface area contributed by atoms with Crippen LogP contribution in [0.5, 0.6) is 0 Å². The van der Waals surface area contributed by atoms with Crippen molar-refractivity contribution in [1.29, 1.82) is 0 Å². The maximum absolute atomic E-state index is 3.47. The predicted molar refractivity (Wildman–Crippen MR) is 93.1 cm³/mol. The maximum Gasteiger partial charge on any atom is 0.00313 e. The largest absolute Gasteiger partial charge is 0.0928 e. The molecule has 0 aromatic rings. The molecule has 0 aromatic carbocycles. The van der Waals surface area contributed by atoms with E-state index in [1.54, 1.807) is 0 Å². The van der Waals surface area contributed by atoms with Crippen LogP contribution in [0.4, 0.5) is 0 Å². The molecule has 0 aliphatic carbocycles. The first-order chi connectivity index (χ1) is 9.41. The zero-order valence-corrected chi connectivity index (χ0v) is 14.2. The van der Waals surface area contributed by atoms with E-state index in [0.717, 1.165) is 5.33 Å². The third kappa shape index (κ3) is 17.7. The predicted octanol–water partition coefficient (Wildman–Crippen LogP) is 6.97. The average molecular weight is 327 g/mol. The van der Waals surface area contributed by atoms with E-state index in [2.05, 4.69) is 59.3 Å². The number of allylic oxidation sites excluding steroid dienone is 6. The molecule has 0 radical (unpaired) electrons. The minimum absolute atomic E-state index is 1.16. The van der Waals surface area contributed by atoms with Crippen molar-refractivity contribution in [2.45, 2.75) is 71.1 Å². The molecule has 0 N–H and O–H groups in total. The Labute approximate surface area is 129 Å². The molecule has 0 atom stereocenters. The van der Waals surface area contributed by atoms with Crippen LogP contribution in [-0.2, 0) is 0 Å². The summed E-state index contributed by atoms with van der Waals surface area (Å²) in [6.45, 7) is 2.23. The number of alkyl halides is 1. The van der Waals surface area contributed by atoms with E-state index in [1.807, 2.05) is 0 Å². The Morgan fingerprint density at radius 3 is 1.74 bits per heavy atom. The smallest absolute Gasteiger partial charge is 0.00313 e. The Morgan fingerprint density at radius 1 is 0.632 bits per heavy atom. The van der Waals surface area contributed by atoms with E-state index < -0.39 is 0 Å². The van der Waals surface area contributed by atoms with Crippen molar-refractivity contribution < 1.29 is 0 Å². The number of hydrogen-bond donors (Lipinski definition) is 0. The van der Waals surface area contributed by atoms with Gasteiger partial charge in [0.15, 0.2) is 0 Å². The number of rotatable bonds is 13. The third-order valence-corrected chi connectivity index (χ3v) is 3.64. The molecule has 19 heavy (non-hydrogen) atoms. The Kier molecular flexibility index (Phi) is 17.4. The highest BCUT2D eigenvalue weighted by Crippen LogP contribution is 2.08. The first kappa shape index (κ1) is 18.7. The molecule has 0 saturated heterocycles. The Balaban J connectivity index is 3.24. The highest BCUT2D eigenvalue weighted by Gasteiger charge is 1.89. The van der Waals surface area contributed by atoms with Gasteiger partial charge in [-0.2, -0.15) is 0 Å². The van der Waals surface area contributed by atoms with Gasteiger partial charge < -0.3 is 0 Å². The third-order valence-electron chi connectivity index (χ3n) is 3.08. The Hall–Kier alpha value is -0.300. The molecule has 0 aliphatic rings. The number of unbranched alkanes of at least 4 members (excludes halogenated alkanes) is 8. The summed E-state index contributed by atoms with van der Waals surface area (Å²) in [5.74, 6) is 0. The first-order valence-corrected chi connectivity index (χ1v) is 9.08. The molecule has 0 heterocycles. The SMILES string of the molecule is CCCCC=CC=CC=CCCCCCCCCBr. The van der Waals surface area contributed by atoms with E-state index in [0.29, 0.717) is 0 Å². The highest BCUT2D eigenvalue weighted by molar-refractivity contribution is 9.09. The van der Waals surface area contributed by atoms with E-state index in [-0.39, 0.29) is 0 Å². The van der Waals surface area contributed by atoms with Crippen molar-refractivity contribution >= 4 is 15.9 Å². The second-order valence-electron chi connectivity index (χ2n) is 4.98. The van der Waals surface area contributed by atoms with Gasteiger partial charge in [-0.15, -0.1) is 0 Å². The van der Waals surface area contributed by atoms with Crippen LogP contribution in [0.3, 0.4) is 0 Å². The van der Waals surface area contributed by atoms with Gasteiger partial charge in [-0.3, -0.25) is 0 Å². The summed E-state index contributed by atoms with van der Waals surface area (Å²) in [5, 5.41) is 1.16. The van der Waals surface area contributed by atoms with Crippen LogP contribution < -0.4 is 0 Å². The molecule has 0 nitrogen and oxygen atoms in total. The lowest BCUT2D eigenvalue weighted by atomic mass is 10.1. The number of hydrogen-bond acceptors (Lipinski definition) is 0. The zero-order valence-electron chi connectivity index (χ0n) is 12.6. The summed E-state index contributed by atoms with van der Waals surface area (Å²) in [4.78, 5) is 0. The molecule has 0 rings (SSSR count). The topological polar surface area (TPSA) is 0 Å². The van der Waals surface area contributed by atoms with Gasteiger partial charge in [0.05, 0.1) is 0 Å². The zero-order chi connectivity index (χ0) is 14.0. The lowest BCUT2D eigenvalue weighted by molar-refractivity contribution is 0.614. The van der Waals surface area contributed by atoms with Gasteiger partial charge >= 0.3 is 0 Å². The van der Waals surface area contributed by atoms with Gasteiger partial charge in [0.2, 0.25) is 0 Å². The van der Waals surface area contributed by atoms with Crippen LogP contribution in [0.1, 0.15) is 71.1 Å². The van der Waals surface area contributed by atoms with Crippen molar-refractivity contribution in [3.63, 3.8) is 0 Å².